The molecule has 1 amide bonds. The molecule has 0 spiro atoms. The topological polar surface area (TPSA) is 128 Å². The van der Waals surface area contributed by atoms with Crippen LogP contribution in [0.2, 0.25) is 0 Å². The lowest BCUT2D eigenvalue weighted by Crippen LogP contribution is -2.38. The summed E-state index contributed by atoms with van der Waals surface area (Å²) in [5.74, 6) is 1.30. The number of carbonyl (C=O) groups excluding carboxylic acids is 1. The largest absolute Gasteiger partial charge is 0.377 e. The van der Waals surface area contributed by atoms with E-state index >= 15 is 0 Å². The Bertz CT molecular complexity index is 724. The van der Waals surface area contributed by atoms with Crippen LogP contribution in [0.3, 0.4) is 0 Å². The van der Waals surface area contributed by atoms with Crippen LogP contribution in [0.25, 0.3) is 0 Å². The zero-order chi connectivity index (χ0) is 23.6. The maximum Gasteiger partial charge on any atom is 0.291 e. The predicted molar refractivity (Wildman–Crippen MR) is 123 cm³/mol. The summed E-state index contributed by atoms with van der Waals surface area (Å²) in [5, 5.41) is 9.32. The number of aromatic nitrogens is 3. The van der Waals surface area contributed by atoms with E-state index < -0.39 is 10.8 Å². The highest BCUT2D eigenvalue weighted by atomic mass is 32.2. The number of amides is 1. The Morgan fingerprint density at radius 2 is 1.69 bits per heavy atom. The predicted octanol–water partition coefficient (Wildman–Crippen LogP) is -0.486. The Morgan fingerprint density at radius 3 is 2.28 bits per heavy atom. The number of H-pyrrole nitrogens is 1. The third-order valence-electron chi connectivity index (χ3n) is 4.12. The van der Waals surface area contributed by atoms with Crippen LogP contribution >= 0.6 is 0 Å². The van der Waals surface area contributed by atoms with E-state index in [1.807, 2.05) is 13.8 Å². The Kier molecular flexibility index (Phi) is 15.6. The fourth-order valence-electron chi connectivity index (χ4n) is 2.56. The maximum absolute atomic E-state index is 12.3. The zero-order valence-electron chi connectivity index (χ0n) is 19.2. The molecule has 12 heteroatoms. The Labute approximate surface area is 191 Å². The Balaban J connectivity index is 0.00000118. The number of hydrogen-bond acceptors (Lipinski definition) is 8. The Morgan fingerprint density at radius 1 is 1.12 bits per heavy atom. The van der Waals surface area contributed by atoms with Gasteiger partial charge in [0, 0.05) is 48.5 Å². The molecule has 184 valence electrons. The molecule has 1 fully saturated rings. The van der Waals surface area contributed by atoms with Gasteiger partial charge in [0.1, 0.15) is 5.69 Å². The lowest BCUT2D eigenvalue weighted by Gasteiger charge is -2.24. The van der Waals surface area contributed by atoms with Crippen molar-refractivity contribution in [3.8, 4) is 0 Å². The van der Waals surface area contributed by atoms with Crippen molar-refractivity contribution in [3.63, 3.8) is 0 Å². The first kappa shape index (κ1) is 28.2. The molecule has 0 aromatic carbocycles. The molecule has 11 nitrogen and oxygen atoms in total. The highest BCUT2D eigenvalue weighted by Crippen LogP contribution is 2.03. The van der Waals surface area contributed by atoms with Gasteiger partial charge in [-0.25, -0.2) is 9.90 Å². The average molecular weight is 476 g/mol. The number of allylic oxidation sites excluding steroid dienone is 1. The SMILES string of the molecule is C=C(C)C.O=CNCCOCCOCCOCCn1[nH]nc(CN2CCS(=O)CC2)c1=O. The second-order valence-corrected chi connectivity index (χ2v) is 9.05. The first-order valence-corrected chi connectivity index (χ1v) is 12.2. The highest BCUT2D eigenvalue weighted by molar-refractivity contribution is 7.85. The van der Waals surface area contributed by atoms with Crippen LogP contribution in [-0.4, -0.2) is 101 Å². The lowest BCUT2D eigenvalue weighted by molar-refractivity contribution is -0.109. The standard InChI is InChI=1S/C16H29N5O6S.C4H8/c22-14-17-1-5-25-7-9-27-10-8-26-6-2-21-16(23)15(18-19-21)13-20-3-11-28(24)12-4-20;1-4(2)3/h14,19H,1-13H2,(H,17,22);1H2,2-3H3. The maximum atomic E-state index is 12.3. The van der Waals surface area contributed by atoms with Gasteiger partial charge in [-0.2, -0.15) is 5.10 Å². The van der Waals surface area contributed by atoms with Crippen molar-refractivity contribution in [2.75, 3.05) is 70.8 Å². The molecule has 1 aromatic heterocycles. The molecule has 32 heavy (non-hydrogen) atoms. The first-order chi connectivity index (χ1) is 15.4. The summed E-state index contributed by atoms with van der Waals surface area (Å²) in [7, 11) is -0.732. The summed E-state index contributed by atoms with van der Waals surface area (Å²) < 4.78 is 28.9. The molecule has 0 bridgehead atoms. The molecule has 0 aliphatic carbocycles. The van der Waals surface area contributed by atoms with Crippen LogP contribution in [0.15, 0.2) is 16.9 Å². The van der Waals surface area contributed by atoms with Crippen molar-refractivity contribution in [1.29, 1.82) is 0 Å². The van der Waals surface area contributed by atoms with Gasteiger partial charge < -0.3 is 19.5 Å². The molecule has 0 atom stereocenters. The normalized spacial score (nSPS) is 14.6. The van der Waals surface area contributed by atoms with Gasteiger partial charge in [-0.15, -0.1) is 6.58 Å². The van der Waals surface area contributed by atoms with Gasteiger partial charge in [0.05, 0.1) is 46.2 Å². The molecule has 1 saturated heterocycles. The van der Waals surface area contributed by atoms with Crippen molar-refractivity contribution in [3.05, 3.63) is 28.2 Å². The number of aromatic amines is 1. The monoisotopic (exact) mass is 475 g/mol. The second-order valence-electron chi connectivity index (χ2n) is 7.36. The fraction of sp³-hybridized carbons (Fsp3) is 0.750. The van der Waals surface area contributed by atoms with Gasteiger partial charge >= 0.3 is 0 Å². The number of carbonyl (C=O) groups is 1. The van der Waals surface area contributed by atoms with Crippen LogP contribution in [0.4, 0.5) is 0 Å². The number of nitrogens with one attached hydrogen (secondary N) is 2. The van der Waals surface area contributed by atoms with Gasteiger partial charge in [-0.05, 0) is 13.8 Å². The van der Waals surface area contributed by atoms with Crippen LogP contribution < -0.4 is 10.9 Å². The van der Waals surface area contributed by atoms with E-state index in [0.29, 0.717) is 82.9 Å². The highest BCUT2D eigenvalue weighted by Gasteiger charge is 2.18. The smallest absolute Gasteiger partial charge is 0.291 e. The van der Waals surface area contributed by atoms with Crippen molar-refractivity contribution >= 4 is 17.2 Å². The van der Waals surface area contributed by atoms with Crippen molar-refractivity contribution in [2.45, 2.75) is 26.9 Å². The molecule has 1 aromatic rings. The van der Waals surface area contributed by atoms with Crippen LogP contribution in [0.1, 0.15) is 19.5 Å². The summed E-state index contributed by atoms with van der Waals surface area (Å²) in [4.78, 5) is 24.4. The average Bonchev–Trinajstić information content (AvgIpc) is 3.09. The van der Waals surface area contributed by atoms with Crippen molar-refractivity contribution in [1.82, 2.24) is 25.2 Å². The minimum Gasteiger partial charge on any atom is -0.377 e. The molecule has 2 heterocycles. The van der Waals surface area contributed by atoms with Crippen LogP contribution in [0.5, 0.6) is 0 Å². The molecule has 2 N–H and O–H groups in total. The van der Waals surface area contributed by atoms with E-state index in [1.54, 1.807) is 0 Å². The first-order valence-electron chi connectivity index (χ1n) is 10.7. The summed E-state index contributed by atoms with van der Waals surface area (Å²) in [6.07, 6.45) is 0.633. The third-order valence-corrected chi connectivity index (χ3v) is 5.39. The minimum atomic E-state index is -0.732. The molecule has 0 radical (unpaired) electrons. The molecular weight excluding hydrogens is 438 g/mol. The van der Waals surface area contributed by atoms with Crippen molar-refractivity contribution in [2.24, 2.45) is 0 Å². The fourth-order valence-corrected chi connectivity index (χ4v) is 3.69. The number of nitrogens with zero attached hydrogens (tertiary/aromatic N) is 3. The van der Waals surface area contributed by atoms with Gasteiger partial charge in [0.25, 0.3) is 5.56 Å². The van der Waals surface area contributed by atoms with Gasteiger partial charge in [-0.1, -0.05) is 5.57 Å². The van der Waals surface area contributed by atoms with Gasteiger partial charge in [-0.3, -0.25) is 18.7 Å². The molecule has 0 saturated carbocycles. The van der Waals surface area contributed by atoms with Crippen LogP contribution in [-0.2, 0) is 42.9 Å². The quantitative estimate of drug-likeness (QED) is 0.198. The molecular formula is C20H37N5O6S. The molecule has 1 aliphatic rings. The van der Waals surface area contributed by atoms with E-state index in [-0.39, 0.29) is 5.56 Å². The van der Waals surface area contributed by atoms with Gasteiger partial charge in [0.15, 0.2) is 0 Å². The number of hydrogen-bond donors (Lipinski definition) is 2. The molecule has 2 rings (SSSR count). The minimum absolute atomic E-state index is 0.146. The van der Waals surface area contributed by atoms with Crippen molar-refractivity contribution < 1.29 is 23.2 Å². The summed E-state index contributed by atoms with van der Waals surface area (Å²) in [6, 6.07) is 0. The van der Waals surface area contributed by atoms with E-state index in [9.17, 15) is 13.8 Å². The van der Waals surface area contributed by atoms with E-state index in [2.05, 4.69) is 27.1 Å². The summed E-state index contributed by atoms with van der Waals surface area (Å²) in [5.41, 5.74) is 1.49. The second kappa shape index (κ2) is 17.7. The molecule has 0 unspecified atom stereocenters. The third kappa shape index (κ3) is 13.5. The number of ether oxygens (including phenoxy) is 3. The van der Waals surface area contributed by atoms with E-state index in [1.165, 1.54) is 10.3 Å². The van der Waals surface area contributed by atoms with Crippen LogP contribution in [0, 0.1) is 0 Å². The van der Waals surface area contributed by atoms with E-state index in [4.69, 9.17) is 14.2 Å². The number of rotatable bonds is 15. The summed E-state index contributed by atoms with van der Waals surface area (Å²) in [6.45, 7) is 12.9. The lowest BCUT2D eigenvalue weighted by atomic mass is 10.4. The Hall–Kier alpha value is -1.86. The van der Waals surface area contributed by atoms with Gasteiger partial charge in [0.2, 0.25) is 6.41 Å². The summed E-state index contributed by atoms with van der Waals surface area (Å²) >= 11 is 0. The zero-order valence-corrected chi connectivity index (χ0v) is 20.0. The van der Waals surface area contributed by atoms with E-state index in [0.717, 1.165) is 13.1 Å². The molecule has 1 aliphatic heterocycles.